The topological polar surface area (TPSA) is 78.0 Å². The third-order valence-electron chi connectivity index (χ3n) is 2.05. The van der Waals surface area contributed by atoms with Gasteiger partial charge in [-0.1, -0.05) is 0 Å². The average molecular weight is 263 g/mol. The maximum Gasteiger partial charge on any atom is 0.343 e. The van der Waals surface area contributed by atoms with Crippen LogP contribution in [0.2, 0.25) is 0 Å². The molecule has 0 aliphatic rings. The van der Waals surface area contributed by atoms with Crippen molar-refractivity contribution < 1.29 is 22.9 Å². The molecule has 0 radical (unpaired) electrons. The molecule has 0 fully saturated rings. The van der Waals surface area contributed by atoms with E-state index in [0.717, 1.165) is 17.1 Å². The molecule has 0 bridgehead atoms. The Morgan fingerprint density at radius 1 is 1.39 bits per heavy atom. The van der Waals surface area contributed by atoms with Crippen molar-refractivity contribution in [2.45, 2.75) is 19.4 Å². The number of allylic oxidation sites excluding steroid dienone is 1. The van der Waals surface area contributed by atoms with Crippen LogP contribution < -0.4 is 0 Å². The summed E-state index contributed by atoms with van der Waals surface area (Å²) in [6, 6.07) is 0. The SMILES string of the molecule is O=C(CCC(F)=C(F)F)Cn1cncc1[N+](=O)[O-]. The zero-order valence-electron chi connectivity index (χ0n) is 8.98. The predicted octanol–water partition coefficient (Wildman–Crippen LogP) is 2.22. The molecule has 0 aliphatic carbocycles. The zero-order chi connectivity index (χ0) is 13.7. The number of ketones is 1. The van der Waals surface area contributed by atoms with Gasteiger partial charge in [-0.15, -0.1) is 0 Å². The van der Waals surface area contributed by atoms with Crippen LogP contribution in [-0.4, -0.2) is 20.3 Å². The second-order valence-electron chi connectivity index (χ2n) is 3.34. The number of rotatable bonds is 6. The van der Waals surface area contributed by atoms with E-state index in [1.54, 1.807) is 0 Å². The van der Waals surface area contributed by atoms with E-state index < -0.39 is 47.8 Å². The molecule has 0 aromatic carbocycles. The van der Waals surface area contributed by atoms with Gasteiger partial charge in [0.1, 0.15) is 6.20 Å². The van der Waals surface area contributed by atoms with Gasteiger partial charge in [0, 0.05) is 12.8 Å². The molecule has 9 heteroatoms. The summed E-state index contributed by atoms with van der Waals surface area (Å²) < 4.78 is 36.8. The van der Waals surface area contributed by atoms with Gasteiger partial charge in [0.25, 0.3) is 0 Å². The molecule has 98 valence electrons. The molecule has 0 N–H and O–H groups in total. The first-order chi connectivity index (χ1) is 8.41. The van der Waals surface area contributed by atoms with Crippen LogP contribution in [-0.2, 0) is 11.3 Å². The predicted molar refractivity (Wildman–Crippen MR) is 53.5 cm³/mol. The monoisotopic (exact) mass is 263 g/mol. The van der Waals surface area contributed by atoms with Gasteiger partial charge >= 0.3 is 11.9 Å². The molecule has 0 aliphatic heterocycles. The van der Waals surface area contributed by atoms with Crippen molar-refractivity contribution in [1.82, 2.24) is 9.55 Å². The Morgan fingerprint density at radius 3 is 2.61 bits per heavy atom. The summed E-state index contributed by atoms with van der Waals surface area (Å²) in [6.07, 6.45) is -1.62. The number of nitrogens with zero attached hydrogens (tertiary/aromatic N) is 3. The van der Waals surface area contributed by atoms with Gasteiger partial charge in [0.2, 0.25) is 0 Å². The first kappa shape index (κ1) is 13.9. The smallest absolute Gasteiger partial charge is 0.343 e. The van der Waals surface area contributed by atoms with E-state index in [1.165, 1.54) is 0 Å². The maximum atomic E-state index is 12.4. The molecule has 6 nitrogen and oxygen atoms in total. The molecule has 1 heterocycles. The lowest BCUT2D eigenvalue weighted by molar-refractivity contribution is -0.392. The second kappa shape index (κ2) is 5.94. The lowest BCUT2D eigenvalue weighted by Gasteiger charge is -2.00. The summed E-state index contributed by atoms with van der Waals surface area (Å²) in [4.78, 5) is 24.5. The van der Waals surface area contributed by atoms with Crippen LogP contribution in [0.4, 0.5) is 19.0 Å². The van der Waals surface area contributed by atoms with Gasteiger partial charge in [0.05, 0.1) is 0 Å². The Bertz CT molecular complexity index is 494. The fraction of sp³-hybridized carbons (Fsp3) is 0.333. The van der Waals surface area contributed by atoms with Crippen molar-refractivity contribution in [3.05, 3.63) is 34.5 Å². The molecule has 1 rings (SSSR count). The highest BCUT2D eigenvalue weighted by Gasteiger charge is 2.17. The highest BCUT2D eigenvalue weighted by molar-refractivity contribution is 5.78. The number of carbonyl (C=O) groups is 1. The fourth-order valence-corrected chi connectivity index (χ4v) is 1.20. The van der Waals surface area contributed by atoms with E-state index in [1.807, 2.05) is 0 Å². The standard InChI is InChI=1S/C9H8F3N3O3/c10-7(9(11)12)2-1-6(16)4-14-5-13-3-8(14)15(17)18/h3,5H,1-2,4H2. The number of Topliss-reactive ketones (excluding diaryl/α,β-unsaturated/α-hetero) is 1. The van der Waals surface area contributed by atoms with Crippen LogP contribution in [0.5, 0.6) is 0 Å². The van der Waals surface area contributed by atoms with E-state index in [9.17, 15) is 28.1 Å². The molecule has 1 aromatic heterocycles. The van der Waals surface area contributed by atoms with Crippen molar-refractivity contribution >= 4 is 11.6 Å². The van der Waals surface area contributed by atoms with E-state index in [-0.39, 0.29) is 0 Å². The van der Waals surface area contributed by atoms with Crippen LogP contribution in [0.1, 0.15) is 12.8 Å². The summed E-state index contributed by atoms with van der Waals surface area (Å²) in [5.41, 5.74) is 0. The number of nitro groups is 1. The van der Waals surface area contributed by atoms with Crippen LogP contribution in [0, 0.1) is 10.1 Å². The molecule has 0 unspecified atom stereocenters. The van der Waals surface area contributed by atoms with Gasteiger partial charge in [-0.3, -0.25) is 4.79 Å². The van der Waals surface area contributed by atoms with Gasteiger partial charge in [-0.25, -0.2) is 13.9 Å². The largest absolute Gasteiger partial charge is 0.358 e. The molecule has 1 aromatic rings. The third kappa shape index (κ3) is 3.68. The van der Waals surface area contributed by atoms with E-state index in [0.29, 0.717) is 0 Å². The van der Waals surface area contributed by atoms with Crippen molar-refractivity contribution in [3.63, 3.8) is 0 Å². The first-order valence-electron chi connectivity index (χ1n) is 4.77. The Morgan fingerprint density at radius 2 is 2.06 bits per heavy atom. The van der Waals surface area contributed by atoms with E-state index >= 15 is 0 Å². The minimum absolute atomic E-state index is 0.393. The van der Waals surface area contributed by atoms with Crippen LogP contribution in [0.25, 0.3) is 0 Å². The number of aromatic nitrogens is 2. The summed E-state index contributed by atoms with van der Waals surface area (Å²) in [6.45, 7) is -0.405. The van der Waals surface area contributed by atoms with Crippen LogP contribution in [0.3, 0.4) is 0 Å². The minimum Gasteiger partial charge on any atom is -0.358 e. The lowest BCUT2D eigenvalue weighted by Crippen LogP contribution is -2.11. The third-order valence-corrected chi connectivity index (χ3v) is 2.05. The van der Waals surface area contributed by atoms with E-state index in [2.05, 4.69) is 4.98 Å². The molecular formula is C9H8F3N3O3. The normalized spacial score (nSPS) is 10.2. The maximum absolute atomic E-state index is 12.4. The molecular weight excluding hydrogens is 255 g/mol. The molecule has 0 amide bonds. The highest BCUT2D eigenvalue weighted by atomic mass is 19.3. The summed E-state index contributed by atoms with van der Waals surface area (Å²) in [7, 11) is 0. The molecule has 18 heavy (non-hydrogen) atoms. The Labute approximate surface area is 98.9 Å². The summed E-state index contributed by atoms with van der Waals surface area (Å²) >= 11 is 0. The molecule has 0 saturated heterocycles. The van der Waals surface area contributed by atoms with Gasteiger partial charge in [-0.05, 0) is 4.92 Å². The number of hydrogen-bond donors (Lipinski definition) is 0. The van der Waals surface area contributed by atoms with E-state index in [4.69, 9.17) is 0 Å². The number of imidazole rings is 1. The number of halogens is 3. The van der Waals surface area contributed by atoms with Crippen molar-refractivity contribution in [3.8, 4) is 0 Å². The van der Waals surface area contributed by atoms with Gasteiger partial charge in [-0.2, -0.15) is 8.78 Å². The van der Waals surface area contributed by atoms with Crippen molar-refractivity contribution in [1.29, 1.82) is 0 Å². The van der Waals surface area contributed by atoms with Gasteiger partial charge < -0.3 is 10.1 Å². The molecule has 0 saturated carbocycles. The quantitative estimate of drug-likeness (QED) is 0.582. The van der Waals surface area contributed by atoms with Gasteiger partial charge in [0.15, 0.2) is 24.5 Å². The number of hydrogen-bond acceptors (Lipinski definition) is 4. The average Bonchev–Trinajstić information content (AvgIpc) is 2.73. The van der Waals surface area contributed by atoms with Crippen LogP contribution >= 0.6 is 0 Å². The fourth-order valence-electron chi connectivity index (χ4n) is 1.20. The lowest BCUT2D eigenvalue weighted by atomic mass is 10.2. The van der Waals surface area contributed by atoms with Crippen molar-refractivity contribution in [2.24, 2.45) is 0 Å². The Hall–Kier alpha value is -2.19. The van der Waals surface area contributed by atoms with Crippen molar-refractivity contribution in [2.75, 3.05) is 0 Å². The highest BCUT2D eigenvalue weighted by Crippen LogP contribution is 2.16. The summed E-state index contributed by atoms with van der Waals surface area (Å²) in [5, 5.41) is 10.5. The minimum atomic E-state index is -2.46. The Kier molecular flexibility index (Phi) is 4.58. The zero-order valence-corrected chi connectivity index (χ0v) is 8.98. The van der Waals surface area contributed by atoms with Crippen LogP contribution in [0.15, 0.2) is 24.4 Å². The summed E-state index contributed by atoms with van der Waals surface area (Å²) in [5.74, 6) is -2.65. The first-order valence-corrected chi connectivity index (χ1v) is 4.77. The second-order valence-corrected chi connectivity index (χ2v) is 3.34. The molecule has 0 spiro atoms. The Balaban J connectivity index is 2.58. The number of carbonyl (C=O) groups excluding carboxylic acids is 1. The molecule has 0 atom stereocenters.